The summed E-state index contributed by atoms with van der Waals surface area (Å²) >= 11 is 0. The number of primary amides is 1. The van der Waals surface area contributed by atoms with Crippen LogP contribution in [0.15, 0.2) is 18.5 Å². The van der Waals surface area contributed by atoms with E-state index in [2.05, 4.69) is 5.10 Å². The van der Waals surface area contributed by atoms with Crippen LogP contribution in [0.5, 0.6) is 0 Å². The molecule has 0 saturated carbocycles. The zero-order valence-corrected chi connectivity index (χ0v) is 6.68. The average Bonchev–Trinajstić information content (AvgIpc) is 2.51. The minimum Gasteiger partial charge on any atom is -0.368 e. The van der Waals surface area contributed by atoms with Crippen LogP contribution in [0.2, 0.25) is 0 Å². The van der Waals surface area contributed by atoms with Gasteiger partial charge in [-0.15, -0.1) is 0 Å². The molecule has 0 aliphatic rings. The summed E-state index contributed by atoms with van der Waals surface area (Å²) < 4.78 is 1.71. The first kappa shape index (κ1) is 8.73. The van der Waals surface area contributed by atoms with E-state index in [9.17, 15) is 4.79 Å². The van der Waals surface area contributed by atoms with Crippen molar-refractivity contribution in [2.24, 2.45) is 11.5 Å². The highest BCUT2D eigenvalue weighted by atomic mass is 16.1. The van der Waals surface area contributed by atoms with Gasteiger partial charge in [0.15, 0.2) is 0 Å². The number of aryl methyl sites for hydroxylation is 1. The van der Waals surface area contributed by atoms with E-state index >= 15 is 0 Å². The van der Waals surface area contributed by atoms with E-state index in [-0.39, 0.29) is 0 Å². The summed E-state index contributed by atoms with van der Waals surface area (Å²) in [4.78, 5) is 10.5. The number of aromatic nitrogens is 2. The van der Waals surface area contributed by atoms with Crippen LogP contribution in [-0.2, 0) is 11.3 Å². The Labute approximate surface area is 70.3 Å². The first-order chi connectivity index (χ1) is 5.70. The zero-order valence-electron chi connectivity index (χ0n) is 6.68. The summed E-state index contributed by atoms with van der Waals surface area (Å²) in [5.74, 6) is -0.470. The lowest BCUT2D eigenvalue weighted by atomic mass is 10.2. The number of hydrogen-bond donors (Lipinski definition) is 2. The van der Waals surface area contributed by atoms with E-state index in [4.69, 9.17) is 11.5 Å². The van der Waals surface area contributed by atoms with Gasteiger partial charge in [-0.2, -0.15) is 5.10 Å². The summed E-state index contributed by atoms with van der Waals surface area (Å²) in [7, 11) is 0. The Morgan fingerprint density at radius 3 is 2.92 bits per heavy atom. The van der Waals surface area contributed by atoms with E-state index in [0.717, 1.165) is 0 Å². The number of hydrogen-bond acceptors (Lipinski definition) is 3. The SMILES string of the molecule is NC(=O)C(N)CCn1cccn1. The van der Waals surface area contributed by atoms with Gasteiger partial charge in [-0.25, -0.2) is 0 Å². The van der Waals surface area contributed by atoms with Crippen LogP contribution in [0.4, 0.5) is 0 Å². The van der Waals surface area contributed by atoms with E-state index in [1.54, 1.807) is 10.9 Å². The van der Waals surface area contributed by atoms with E-state index in [1.165, 1.54) is 0 Å². The summed E-state index contributed by atoms with van der Waals surface area (Å²) in [6.45, 7) is 0.622. The fourth-order valence-corrected chi connectivity index (χ4v) is 0.846. The summed E-state index contributed by atoms with van der Waals surface area (Å²) in [5.41, 5.74) is 10.4. The lowest BCUT2D eigenvalue weighted by Crippen LogP contribution is -2.37. The largest absolute Gasteiger partial charge is 0.368 e. The maximum absolute atomic E-state index is 10.5. The van der Waals surface area contributed by atoms with Crippen molar-refractivity contribution < 1.29 is 4.79 Å². The predicted octanol–water partition coefficient (Wildman–Crippen LogP) is -0.914. The molecule has 66 valence electrons. The van der Waals surface area contributed by atoms with Gasteiger partial charge >= 0.3 is 0 Å². The van der Waals surface area contributed by atoms with Crippen LogP contribution in [0, 0.1) is 0 Å². The highest BCUT2D eigenvalue weighted by Gasteiger charge is 2.08. The van der Waals surface area contributed by atoms with Crippen molar-refractivity contribution in [2.45, 2.75) is 19.0 Å². The highest BCUT2D eigenvalue weighted by Crippen LogP contribution is 1.92. The Morgan fingerprint density at radius 2 is 2.42 bits per heavy atom. The van der Waals surface area contributed by atoms with E-state index < -0.39 is 11.9 Å². The van der Waals surface area contributed by atoms with Gasteiger partial charge in [0.1, 0.15) is 0 Å². The topological polar surface area (TPSA) is 86.9 Å². The van der Waals surface area contributed by atoms with Crippen LogP contribution >= 0.6 is 0 Å². The normalized spacial score (nSPS) is 12.8. The van der Waals surface area contributed by atoms with Gasteiger partial charge < -0.3 is 11.5 Å². The lowest BCUT2D eigenvalue weighted by Gasteiger charge is -2.06. The molecule has 0 aromatic carbocycles. The van der Waals surface area contributed by atoms with Gasteiger partial charge in [0.05, 0.1) is 6.04 Å². The molecule has 4 N–H and O–H groups in total. The number of amides is 1. The van der Waals surface area contributed by atoms with Gasteiger partial charge in [0, 0.05) is 18.9 Å². The molecule has 1 aromatic heterocycles. The van der Waals surface area contributed by atoms with Crippen LogP contribution in [0.25, 0.3) is 0 Å². The molecular formula is C7H12N4O. The first-order valence-corrected chi connectivity index (χ1v) is 3.72. The van der Waals surface area contributed by atoms with Gasteiger partial charge in [-0.3, -0.25) is 9.48 Å². The molecule has 1 aromatic rings. The summed E-state index contributed by atoms with van der Waals surface area (Å²) in [6, 6.07) is 1.24. The van der Waals surface area contributed by atoms with Gasteiger partial charge in [0.25, 0.3) is 0 Å². The van der Waals surface area contributed by atoms with Crippen molar-refractivity contribution >= 4 is 5.91 Å². The Kier molecular flexibility index (Phi) is 2.82. The van der Waals surface area contributed by atoms with Gasteiger partial charge in [0.2, 0.25) is 5.91 Å². The molecule has 0 bridgehead atoms. The Bertz CT molecular complexity index is 244. The number of rotatable bonds is 4. The number of carbonyl (C=O) groups excluding carboxylic acids is 1. The van der Waals surface area contributed by atoms with Crippen LogP contribution in [0.1, 0.15) is 6.42 Å². The third kappa shape index (κ3) is 2.35. The molecule has 5 heteroatoms. The molecule has 0 fully saturated rings. The molecule has 1 amide bonds. The standard InChI is InChI=1S/C7H12N4O/c8-6(7(9)12)2-5-11-4-1-3-10-11/h1,3-4,6H,2,5,8H2,(H2,9,12). The highest BCUT2D eigenvalue weighted by molar-refractivity contribution is 5.79. The van der Waals surface area contributed by atoms with Gasteiger partial charge in [-0.1, -0.05) is 0 Å². The van der Waals surface area contributed by atoms with Crippen molar-refractivity contribution in [1.82, 2.24) is 9.78 Å². The minimum absolute atomic E-state index is 0.470. The second-order valence-electron chi connectivity index (χ2n) is 2.57. The third-order valence-corrected chi connectivity index (χ3v) is 1.59. The monoisotopic (exact) mass is 168 g/mol. The molecule has 0 spiro atoms. The summed E-state index contributed by atoms with van der Waals surface area (Å²) in [6.07, 6.45) is 4.01. The van der Waals surface area contributed by atoms with Crippen LogP contribution < -0.4 is 11.5 Å². The molecule has 1 atom stereocenters. The maximum atomic E-state index is 10.5. The smallest absolute Gasteiger partial charge is 0.234 e. The zero-order chi connectivity index (χ0) is 8.97. The third-order valence-electron chi connectivity index (χ3n) is 1.59. The maximum Gasteiger partial charge on any atom is 0.234 e. The minimum atomic E-state index is -0.575. The molecule has 1 rings (SSSR count). The quantitative estimate of drug-likeness (QED) is 0.610. The molecular weight excluding hydrogens is 156 g/mol. The average molecular weight is 168 g/mol. The molecule has 1 unspecified atom stereocenters. The number of nitrogens with zero attached hydrogens (tertiary/aromatic N) is 2. The second-order valence-corrected chi connectivity index (χ2v) is 2.57. The predicted molar refractivity (Wildman–Crippen MR) is 44.0 cm³/mol. The molecule has 0 aliphatic carbocycles. The molecule has 1 heterocycles. The van der Waals surface area contributed by atoms with Crippen molar-refractivity contribution in [3.63, 3.8) is 0 Å². The Morgan fingerprint density at radius 1 is 1.67 bits per heavy atom. The van der Waals surface area contributed by atoms with Crippen molar-refractivity contribution in [3.05, 3.63) is 18.5 Å². The first-order valence-electron chi connectivity index (χ1n) is 3.72. The molecule has 0 radical (unpaired) electrons. The molecule has 12 heavy (non-hydrogen) atoms. The second kappa shape index (κ2) is 3.87. The van der Waals surface area contributed by atoms with Crippen LogP contribution in [0.3, 0.4) is 0 Å². The van der Waals surface area contributed by atoms with Crippen molar-refractivity contribution in [1.29, 1.82) is 0 Å². The van der Waals surface area contributed by atoms with Gasteiger partial charge in [-0.05, 0) is 12.5 Å². The molecule has 0 aliphatic heterocycles. The van der Waals surface area contributed by atoms with E-state index in [0.29, 0.717) is 13.0 Å². The van der Waals surface area contributed by atoms with Crippen molar-refractivity contribution in [3.8, 4) is 0 Å². The number of carbonyl (C=O) groups is 1. The van der Waals surface area contributed by atoms with Crippen molar-refractivity contribution in [2.75, 3.05) is 0 Å². The van der Waals surface area contributed by atoms with E-state index in [1.807, 2.05) is 12.3 Å². The molecule has 5 nitrogen and oxygen atoms in total. The lowest BCUT2D eigenvalue weighted by molar-refractivity contribution is -0.119. The fraction of sp³-hybridized carbons (Fsp3) is 0.429. The Balaban J connectivity index is 2.31. The molecule has 0 saturated heterocycles. The van der Waals surface area contributed by atoms with Crippen LogP contribution in [-0.4, -0.2) is 21.7 Å². The fourth-order valence-electron chi connectivity index (χ4n) is 0.846. The summed E-state index contributed by atoms with van der Waals surface area (Å²) in [5, 5.41) is 3.96. The Hall–Kier alpha value is -1.36. The number of nitrogens with two attached hydrogens (primary N) is 2.